The quantitative estimate of drug-likeness (QED) is 0.898. The third kappa shape index (κ3) is 2.77. The van der Waals surface area contributed by atoms with Crippen molar-refractivity contribution in [3.05, 3.63) is 46.6 Å². The molecule has 1 N–H and O–H groups in total. The van der Waals surface area contributed by atoms with Crippen LogP contribution in [0.5, 0.6) is 0 Å². The van der Waals surface area contributed by atoms with Crippen LogP contribution < -0.4 is 5.43 Å². The Morgan fingerprint density at radius 2 is 1.86 bits per heavy atom. The van der Waals surface area contributed by atoms with Crippen molar-refractivity contribution in [3.8, 4) is 0 Å². The molecule has 22 heavy (non-hydrogen) atoms. The van der Waals surface area contributed by atoms with Crippen molar-refractivity contribution >= 4 is 17.5 Å². The first kappa shape index (κ1) is 15.2. The van der Waals surface area contributed by atoms with E-state index in [9.17, 15) is 0 Å². The number of nitrogens with zero attached hydrogens (tertiary/aromatic N) is 3. The minimum Gasteiger partial charge on any atom is -0.290 e. The predicted octanol–water partition coefficient (Wildman–Crippen LogP) is 4.56. The number of thioether (sulfide) groups is 1. The minimum atomic E-state index is 0.335. The highest BCUT2D eigenvalue weighted by molar-refractivity contribution is 8.02. The first-order chi connectivity index (χ1) is 10.6. The summed E-state index contributed by atoms with van der Waals surface area (Å²) in [5, 5.41) is 11.5. The van der Waals surface area contributed by atoms with Crippen LogP contribution in [0.1, 0.15) is 62.9 Å². The molecule has 0 bridgehead atoms. The van der Waals surface area contributed by atoms with Crippen LogP contribution in [0.2, 0.25) is 0 Å². The molecule has 0 unspecified atom stereocenters. The van der Waals surface area contributed by atoms with E-state index in [1.54, 1.807) is 11.8 Å². The van der Waals surface area contributed by atoms with Gasteiger partial charge in [-0.1, -0.05) is 63.7 Å². The van der Waals surface area contributed by atoms with E-state index in [0.29, 0.717) is 11.8 Å². The average molecular weight is 314 g/mol. The molecule has 116 valence electrons. The minimum absolute atomic E-state index is 0.335. The molecule has 0 saturated carbocycles. The number of aromatic nitrogens is 3. The van der Waals surface area contributed by atoms with Crippen LogP contribution in [0, 0.1) is 0 Å². The zero-order chi connectivity index (χ0) is 15.7. The van der Waals surface area contributed by atoms with Crippen molar-refractivity contribution in [1.29, 1.82) is 0 Å². The number of benzene rings is 1. The fourth-order valence-corrected chi connectivity index (χ4v) is 3.20. The predicted molar refractivity (Wildman–Crippen MR) is 92.5 cm³/mol. The number of fused-ring (bicyclic) bond motifs is 1. The van der Waals surface area contributed by atoms with E-state index in [1.807, 2.05) is 4.68 Å². The maximum absolute atomic E-state index is 4.27. The smallest absolute Gasteiger partial charge is 0.214 e. The summed E-state index contributed by atoms with van der Waals surface area (Å²) in [6.07, 6.45) is 1.16. The maximum atomic E-state index is 4.27. The molecule has 0 amide bonds. The molecule has 5 heteroatoms. The van der Waals surface area contributed by atoms with Gasteiger partial charge in [0.1, 0.15) is 0 Å². The summed E-state index contributed by atoms with van der Waals surface area (Å²) in [5.41, 5.74) is 7.11. The molecule has 1 aliphatic rings. The Bertz CT molecular complexity index is 685. The molecule has 0 saturated heterocycles. The van der Waals surface area contributed by atoms with Gasteiger partial charge in [0.15, 0.2) is 5.82 Å². The molecule has 1 aromatic heterocycles. The monoisotopic (exact) mass is 314 g/mol. The van der Waals surface area contributed by atoms with Crippen LogP contribution >= 0.6 is 11.8 Å². The van der Waals surface area contributed by atoms with Gasteiger partial charge in [-0.3, -0.25) is 5.43 Å². The summed E-state index contributed by atoms with van der Waals surface area (Å²) in [6.45, 7) is 8.74. The summed E-state index contributed by atoms with van der Waals surface area (Å²) in [7, 11) is 0. The summed E-state index contributed by atoms with van der Waals surface area (Å²) >= 11 is 1.61. The van der Waals surface area contributed by atoms with E-state index >= 15 is 0 Å². The lowest BCUT2D eigenvalue weighted by Crippen LogP contribution is -2.20. The van der Waals surface area contributed by atoms with Gasteiger partial charge in [0, 0.05) is 11.3 Å². The van der Waals surface area contributed by atoms with Gasteiger partial charge in [0.05, 0.1) is 5.70 Å². The Balaban J connectivity index is 1.84. The fourth-order valence-electron chi connectivity index (χ4n) is 2.45. The van der Waals surface area contributed by atoms with Crippen LogP contribution in [0.15, 0.2) is 34.8 Å². The molecule has 0 spiro atoms. The lowest BCUT2D eigenvalue weighted by atomic mass is 9.97. The largest absolute Gasteiger partial charge is 0.290 e. The van der Waals surface area contributed by atoms with E-state index in [2.05, 4.69) is 73.0 Å². The van der Waals surface area contributed by atoms with Gasteiger partial charge in [0.25, 0.3) is 0 Å². The molecule has 3 rings (SSSR count). The Labute approximate surface area is 136 Å². The van der Waals surface area contributed by atoms with Crippen molar-refractivity contribution in [1.82, 2.24) is 14.9 Å². The highest BCUT2D eigenvalue weighted by Crippen LogP contribution is 2.30. The van der Waals surface area contributed by atoms with Crippen molar-refractivity contribution in [2.24, 2.45) is 0 Å². The van der Waals surface area contributed by atoms with Crippen molar-refractivity contribution in [3.63, 3.8) is 0 Å². The van der Waals surface area contributed by atoms with Crippen LogP contribution in [0.4, 0.5) is 0 Å². The molecule has 2 heterocycles. The molecule has 1 atom stereocenters. The second kappa shape index (κ2) is 6.16. The first-order valence-electron chi connectivity index (χ1n) is 7.79. The second-order valence-electron chi connectivity index (χ2n) is 6.02. The summed E-state index contributed by atoms with van der Waals surface area (Å²) < 4.78 is 1.99. The zero-order valence-corrected chi connectivity index (χ0v) is 14.3. The Morgan fingerprint density at radius 1 is 1.14 bits per heavy atom. The Morgan fingerprint density at radius 3 is 2.50 bits per heavy atom. The Hall–Kier alpha value is -1.75. The van der Waals surface area contributed by atoms with Crippen LogP contribution in [0.25, 0.3) is 5.70 Å². The van der Waals surface area contributed by atoms with Crippen molar-refractivity contribution in [2.45, 2.75) is 51.1 Å². The van der Waals surface area contributed by atoms with Crippen LogP contribution in [-0.4, -0.2) is 14.9 Å². The van der Waals surface area contributed by atoms with Gasteiger partial charge in [-0.25, -0.2) is 4.68 Å². The molecule has 1 aliphatic heterocycles. The van der Waals surface area contributed by atoms with E-state index < -0.39 is 0 Å². The normalized spacial score (nSPS) is 15.2. The molecule has 0 fully saturated rings. The van der Waals surface area contributed by atoms with Crippen LogP contribution in [-0.2, 0) is 0 Å². The standard InChI is InChI=1S/C17H22N4S/c1-5-12(4)13-6-8-14(9-7-13)15-10-22-17-19-18-16(11(2)3)21(17)20-15/h6-12,20H,5H2,1-4H3/t12-/m1/s1. The highest BCUT2D eigenvalue weighted by atomic mass is 32.2. The lowest BCUT2D eigenvalue weighted by Gasteiger charge is -2.20. The summed E-state index contributed by atoms with van der Waals surface area (Å²) in [5.74, 6) is 1.90. The molecular weight excluding hydrogens is 292 g/mol. The van der Waals surface area contributed by atoms with Gasteiger partial charge in [0.2, 0.25) is 5.16 Å². The SMILES string of the molecule is CC[C@@H](C)c1ccc(C2=CSc3nnc(C(C)C)n3N2)cc1. The molecular formula is C17H22N4S. The lowest BCUT2D eigenvalue weighted by molar-refractivity contribution is 0.700. The van der Waals surface area contributed by atoms with Crippen molar-refractivity contribution < 1.29 is 0 Å². The number of hydrogen-bond acceptors (Lipinski definition) is 4. The van der Waals surface area contributed by atoms with Crippen LogP contribution in [0.3, 0.4) is 0 Å². The molecule has 0 aliphatic carbocycles. The summed E-state index contributed by atoms with van der Waals surface area (Å²) in [6, 6.07) is 8.82. The number of nitrogens with one attached hydrogen (secondary N) is 1. The van der Waals surface area contributed by atoms with Crippen molar-refractivity contribution in [2.75, 3.05) is 5.43 Å². The molecule has 0 radical (unpaired) electrons. The topological polar surface area (TPSA) is 42.7 Å². The highest BCUT2D eigenvalue weighted by Gasteiger charge is 2.20. The van der Waals surface area contributed by atoms with E-state index in [4.69, 9.17) is 0 Å². The second-order valence-corrected chi connectivity index (χ2v) is 6.86. The van der Waals surface area contributed by atoms with Gasteiger partial charge in [-0.05, 0) is 23.5 Å². The third-order valence-corrected chi connectivity index (χ3v) is 4.92. The first-order valence-corrected chi connectivity index (χ1v) is 8.67. The summed E-state index contributed by atoms with van der Waals surface area (Å²) in [4.78, 5) is 0. The maximum Gasteiger partial charge on any atom is 0.214 e. The third-order valence-electron chi connectivity index (χ3n) is 4.09. The zero-order valence-electron chi connectivity index (χ0n) is 13.5. The number of hydrogen-bond donors (Lipinski definition) is 1. The average Bonchev–Trinajstić information content (AvgIpc) is 2.97. The van der Waals surface area contributed by atoms with Gasteiger partial charge in [-0.15, -0.1) is 10.2 Å². The Kier molecular flexibility index (Phi) is 4.25. The van der Waals surface area contributed by atoms with Gasteiger partial charge in [-0.2, -0.15) is 0 Å². The molecule has 2 aromatic rings. The molecule has 4 nitrogen and oxygen atoms in total. The van der Waals surface area contributed by atoms with E-state index in [1.165, 1.54) is 11.1 Å². The van der Waals surface area contributed by atoms with Gasteiger partial charge >= 0.3 is 0 Å². The van der Waals surface area contributed by atoms with E-state index in [0.717, 1.165) is 23.1 Å². The molecule has 1 aromatic carbocycles. The number of rotatable bonds is 4. The van der Waals surface area contributed by atoms with E-state index in [-0.39, 0.29) is 0 Å². The van der Waals surface area contributed by atoms with Gasteiger partial charge < -0.3 is 0 Å². The fraction of sp³-hybridized carbons (Fsp3) is 0.412.